The zero-order valence-corrected chi connectivity index (χ0v) is 12.1. The number of rotatable bonds is 2. The van der Waals surface area contributed by atoms with Gasteiger partial charge in [0.2, 0.25) is 5.91 Å². The Balaban J connectivity index is 1.74. The van der Waals surface area contributed by atoms with Gasteiger partial charge in [-0.2, -0.15) is 0 Å². The lowest BCUT2D eigenvalue weighted by atomic mass is 9.67. The zero-order chi connectivity index (χ0) is 13.3. The minimum Gasteiger partial charge on any atom is -0.341 e. The van der Waals surface area contributed by atoms with Gasteiger partial charge in [0.05, 0.1) is 5.41 Å². The summed E-state index contributed by atoms with van der Waals surface area (Å²) in [6.07, 6.45) is 7.22. The van der Waals surface area contributed by atoms with Crippen molar-refractivity contribution in [3.05, 3.63) is 0 Å². The Labute approximate surface area is 116 Å². The molecule has 1 unspecified atom stereocenters. The van der Waals surface area contributed by atoms with Crippen molar-refractivity contribution >= 4 is 5.91 Å². The Morgan fingerprint density at radius 1 is 1.32 bits per heavy atom. The number of nitrogens with one attached hydrogen (secondary N) is 2. The predicted octanol–water partition coefficient (Wildman–Crippen LogP) is 0.977. The molecular weight excluding hydrogens is 238 g/mol. The molecule has 1 saturated carbocycles. The molecular formula is C15H27N3O. The van der Waals surface area contributed by atoms with Gasteiger partial charge in [-0.05, 0) is 45.2 Å². The van der Waals surface area contributed by atoms with E-state index in [0.717, 1.165) is 39.0 Å². The van der Waals surface area contributed by atoms with E-state index in [9.17, 15) is 4.79 Å². The minimum absolute atomic E-state index is 0.0616. The van der Waals surface area contributed by atoms with Gasteiger partial charge in [0.1, 0.15) is 0 Å². The van der Waals surface area contributed by atoms with Gasteiger partial charge in [-0.15, -0.1) is 0 Å². The van der Waals surface area contributed by atoms with Crippen LogP contribution in [-0.4, -0.2) is 50.1 Å². The number of nitrogens with zero attached hydrogens (tertiary/aromatic N) is 1. The number of hydrogen-bond acceptors (Lipinski definition) is 3. The molecule has 1 amide bonds. The molecule has 4 nitrogen and oxygen atoms in total. The van der Waals surface area contributed by atoms with Crippen molar-refractivity contribution < 1.29 is 4.79 Å². The number of carbonyl (C=O) groups excluding carboxylic acids is 1. The van der Waals surface area contributed by atoms with E-state index in [1.807, 2.05) is 7.05 Å². The third-order valence-electron chi connectivity index (χ3n) is 5.58. The van der Waals surface area contributed by atoms with Crippen LogP contribution in [0, 0.1) is 11.3 Å². The first-order valence-corrected chi connectivity index (χ1v) is 7.93. The summed E-state index contributed by atoms with van der Waals surface area (Å²) in [6, 6.07) is 0.491. The summed E-state index contributed by atoms with van der Waals surface area (Å²) in [5, 5.41) is 6.83. The molecule has 4 heteroatoms. The summed E-state index contributed by atoms with van der Waals surface area (Å²) in [5.74, 6) is 1.03. The third kappa shape index (κ3) is 2.29. The lowest BCUT2D eigenvalue weighted by Crippen LogP contribution is -2.55. The topological polar surface area (TPSA) is 44.4 Å². The summed E-state index contributed by atoms with van der Waals surface area (Å²) in [6.45, 7) is 3.83. The van der Waals surface area contributed by atoms with Gasteiger partial charge < -0.3 is 15.5 Å². The van der Waals surface area contributed by atoms with Crippen molar-refractivity contribution in [2.45, 2.75) is 44.6 Å². The van der Waals surface area contributed by atoms with Gasteiger partial charge in [0.25, 0.3) is 0 Å². The number of piperidine rings is 1. The summed E-state index contributed by atoms with van der Waals surface area (Å²) in [5.41, 5.74) is -0.0616. The fraction of sp³-hybridized carbons (Fsp3) is 0.933. The van der Waals surface area contributed by atoms with E-state index in [1.54, 1.807) is 0 Å². The first-order chi connectivity index (χ1) is 9.26. The fourth-order valence-electron chi connectivity index (χ4n) is 4.38. The first kappa shape index (κ1) is 13.4. The number of likely N-dealkylation sites (tertiary alicyclic amines) is 1. The van der Waals surface area contributed by atoms with Crippen LogP contribution in [-0.2, 0) is 4.79 Å². The number of amides is 1. The number of carbonyl (C=O) groups is 1. The molecule has 0 aromatic carbocycles. The van der Waals surface area contributed by atoms with E-state index in [-0.39, 0.29) is 5.41 Å². The number of hydrogen-bond donors (Lipinski definition) is 2. The van der Waals surface area contributed by atoms with Crippen molar-refractivity contribution in [1.29, 1.82) is 0 Å². The van der Waals surface area contributed by atoms with E-state index in [2.05, 4.69) is 15.5 Å². The van der Waals surface area contributed by atoms with Crippen LogP contribution >= 0.6 is 0 Å². The van der Waals surface area contributed by atoms with Crippen LogP contribution in [0.1, 0.15) is 38.5 Å². The highest BCUT2D eigenvalue weighted by atomic mass is 16.2. The molecule has 3 fully saturated rings. The van der Waals surface area contributed by atoms with Crippen molar-refractivity contribution in [2.24, 2.45) is 11.3 Å². The zero-order valence-electron chi connectivity index (χ0n) is 12.1. The maximum absolute atomic E-state index is 13.1. The van der Waals surface area contributed by atoms with Crippen LogP contribution in [0.3, 0.4) is 0 Å². The second-order valence-electron chi connectivity index (χ2n) is 6.61. The summed E-state index contributed by atoms with van der Waals surface area (Å²) < 4.78 is 0. The van der Waals surface area contributed by atoms with Gasteiger partial charge in [-0.25, -0.2) is 0 Å². The van der Waals surface area contributed by atoms with Crippen LogP contribution < -0.4 is 10.6 Å². The minimum atomic E-state index is -0.0616. The first-order valence-electron chi connectivity index (χ1n) is 7.93. The van der Waals surface area contributed by atoms with Crippen LogP contribution in [0.15, 0.2) is 0 Å². The predicted molar refractivity (Wildman–Crippen MR) is 75.9 cm³/mol. The van der Waals surface area contributed by atoms with Crippen LogP contribution in [0.25, 0.3) is 0 Å². The summed E-state index contributed by atoms with van der Waals surface area (Å²) >= 11 is 0. The van der Waals surface area contributed by atoms with Crippen molar-refractivity contribution in [3.8, 4) is 0 Å². The highest BCUT2D eigenvalue weighted by Crippen LogP contribution is 2.45. The van der Waals surface area contributed by atoms with E-state index in [4.69, 9.17) is 0 Å². The fourth-order valence-corrected chi connectivity index (χ4v) is 4.38. The smallest absolute Gasteiger partial charge is 0.230 e. The average Bonchev–Trinajstić information content (AvgIpc) is 2.91. The largest absolute Gasteiger partial charge is 0.341 e. The summed E-state index contributed by atoms with van der Waals surface area (Å²) in [4.78, 5) is 15.2. The molecule has 2 saturated heterocycles. The Morgan fingerprint density at radius 2 is 2.21 bits per heavy atom. The molecule has 19 heavy (non-hydrogen) atoms. The molecule has 2 N–H and O–H groups in total. The quantitative estimate of drug-likeness (QED) is 0.782. The Bertz CT molecular complexity index is 346. The molecule has 0 aromatic rings. The lowest BCUT2D eigenvalue weighted by Gasteiger charge is -2.43. The highest BCUT2D eigenvalue weighted by Gasteiger charge is 2.51. The van der Waals surface area contributed by atoms with Gasteiger partial charge in [-0.3, -0.25) is 4.79 Å². The molecule has 0 spiro atoms. The van der Waals surface area contributed by atoms with Crippen molar-refractivity contribution in [2.75, 3.05) is 33.2 Å². The molecule has 108 valence electrons. The van der Waals surface area contributed by atoms with Gasteiger partial charge in [0.15, 0.2) is 0 Å². The Hall–Kier alpha value is -0.610. The maximum atomic E-state index is 13.1. The van der Waals surface area contributed by atoms with E-state index in [1.165, 1.54) is 25.7 Å². The van der Waals surface area contributed by atoms with Gasteiger partial charge in [0, 0.05) is 25.7 Å². The van der Waals surface area contributed by atoms with E-state index >= 15 is 0 Å². The number of fused-ring (bicyclic) bond motifs is 1. The molecule has 2 heterocycles. The molecule has 1 aliphatic carbocycles. The van der Waals surface area contributed by atoms with Crippen molar-refractivity contribution in [1.82, 2.24) is 15.5 Å². The molecule has 0 aromatic heterocycles. The Kier molecular flexibility index (Phi) is 3.81. The summed E-state index contributed by atoms with van der Waals surface area (Å²) in [7, 11) is 2.01. The second-order valence-corrected chi connectivity index (χ2v) is 6.61. The van der Waals surface area contributed by atoms with Crippen LogP contribution in [0.5, 0.6) is 0 Å². The second kappa shape index (κ2) is 5.41. The highest BCUT2D eigenvalue weighted by molar-refractivity contribution is 5.84. The van der Waals surface area contributed by atoms with Crippen molar-refractivity contribution in [3.63, 3.8) is 0 Å². The lowest BCUT2D eigenvalue weighted by molar-refractivity contribution is -0.146. The standard InChI is InChI=1S/C15H27N3O/c1-16-13-6-4-8-18(10-13)14(19)15-7-3-2-5-12(15)9-17-11-15/h12-13,16-17H,2-11H2,1H3/t12-,13?,15+/m0/s1. The number of likely N-dealkylation sites (N-methyl/N-ethyl adjacent to an activating group) is 1. The van der Waals surface area contributed by atoms with Crippen LogP contribution in [0.2, 0.25) is 0 Å². The van der Waals surface area contributed by atoms with E-state index < -0.39 is 0 Å². The average molecular weight is 265 g/mol. The molecule has 3 aliphatic rings. The molecule has 0 bridgehead atoms. The van der Waals surface area contributed by atoms with Gasteiger partial charge >= 0.3 is 0 Å². The SMILES string of the molecule is CNC1CCCN(C(=O)[C@@]23CCCC[C@H]2CNC3)C1. The van der Waals surface area contributed by atoms with Crippen LogP contribution in [0.4, 0.5) is 0 Å². The molecule has 3 rings (SSSR count). The molecule has 0 radical (unpaired) electrons. The monoisotopic (exact) mass is 265 g/mol. The molecule has 2 aliphatic heterocycles. The Morgan fingerprint density at radius 3 is 3.05 bits per heavy atom. The maximum Gasteiger partial charge on any atom is 0.230 e. The van der Waals surface area contributed by atoms with Gasteiger partial charge in [-0.1, -0.05) is 12.8 Å². The molecule has 3 atom stereocenters. The third-order valence-corrected chi connectivity index (χ3v) is 5.58. The van der Waals surface area contributed by atoms with E-state index in [0.29, 0.717) is 17.9 Å². The normalized spacial score (nSPS) is 39.1.